The summed E-state index contributed by atoms with van der Waals surface area (Å²) in [5.41, 5.74) is 4.98. The largest absolute Gasteiger partial charge is 0.393 e. The van der Waals surface area contributed by atoms with Gasteiger partial charge >= 0.3 is 0 Å². The molecule has 6 nitrogen and oxygen atoms in total. The van der Waals surface area contributed by atoms with Gasteiger partial charge in [-0.3, -0.25) is 10.1 Å². The minimum Gasteiger partial charge on any atom is -0.393 e. The van der Waals surface area contributed by atoms with Crippen LogP contribution in [0.3, 0.4) is 0 Å². The molecule has 0 saturated heterocycles. The molecule has 8 heteroatoms. The molecular formula is C10H12Cl2N2O4. The minimum atomic E-state index is -1.37. The number of alkyl halides is 1. The first kappa shape index (κ1) is 15.0. The second-order valence-corrected chi connectivity index (χ2v) is 4.49. The van der Waals surface area contributed by atoms with E-state index in [9.17, 15) is 20.3 Å². The molecule has 0 saturated carbocycles. The molecule has 0 aromatic heterocycles. The lowest BCUT2D eigenvalue weighted by Gasteiger charge is -2.19. The normalized spacial score (nSPS) is 14.2. The molecule has 1 rings (SSSR count). The van der Waals surface area contributed by atoms with Crippen molar-refractivity contribution in [2.75, 3.05) is 11.6 Å². The number of nitro groups is 1. The average Bonchev–Trinajstić information content (AvgIpc) is 2.30. The minimum absolute atomic E-state index is 0.0202. The number of aliphatic hydroxyl groups is 2. The Morgan fingerprint density at radius 1 is 1.44 bits per heavy atom. The number of hydrogen-bond donors (Lipinski definition) is 3. The van der Waals surface area contributed by atoms with E-state index < -0.39 is 22.8 Å². The Morgan fingerprint density at radius 3 is 2.56 bits per heavy atom. The number of rotatable bonds is 5. The molecule has 0 aliphatic heterocycles. The van der Waals surface area contributed by atoms with Crippen molar-refractivity contribution in [3.05, 3.63) is 32.8 Å². The van der Waals surface area contributed by atoms with Crippen molar-refractivity contribution >= 4 is 34.6 Å². The average molecular weight is 295 g/mol. The molecule has 2 unspecified atom stereocenters. The van der Waals surface area contributed by atoms with Gasteiger partial charge in [0.25, 0.3) is 5.69 Å². The molecule has 18 heavy (non-hydrogen) atoms. The molecule has 0 bridgehead atoms. The van der Waals surface area contributed by atoms with Crippen LogP contribution in [0, 0.1) is 10.1 Å². The summed E-state index contributed by atoms with van der Waals surface area (Å²) in [6, 6.07) is 2.37. The lowest BCUT2D eigenvalue weighted by molar-refractivity contribution is -0.384. The van der Waals surface area contributed by atoms with Crippen LogP contribution in [-0.4, -0.2) is 27.1 Å². The monoisotopic (exact) mass is 294 g/mol. The van der Waals surface area contributed by atoms with Gasteiger partial charge in [-0.15, -0.1) is 11.6 Å². The summed E-state index contributed by atoms with van der Waals surface area (Å²) < 4.78 is 0. The van der Waals surface area contributed by atoms with Crippen molar-refractivity contribution in [3.63, 3.8) is 0 Å². The number of halogens is 2. The standard InChI is InChI=1S/C10H12Cl2N2O4/c11-2-1-8(15)10(16)6-3-5(12)4-7(9(6)13)14(17)18/h3-4,8,10,15-16H,1-2,13H2. The van der Waals surface area contributed by atoms with Gasteiger partial charge in [0.1, 0.15) is 11.8 Å². The molecule has 0 fully saturated rings. The topological polar surface area (TPSA) is 110 Å². The Balaban J connectivity index is 3.19. The van der Waals surface area contributed by atoms with Crippen molar-refractivity contribution in [1.82, 2.24) is 0 Å². The highest BCUT2D eigenvalue weighted by molar-refractivity contribution is 6.31. The summed E-state index contributed by atoms with van der Waals surface area (Å²) in [6.45, 7) is 0. The van der Waals surface area contributed by atoms with Crippen LogP contribution in [0.2, 0.25) is 5.02 Å². The number of nitro benzene ring substituents is 1. The summed E-state index contributed by atoms with van der Waals surface area (Å²) in [7, 11) is 0. The maximum absolute atomic E-state index is 10.7. The lowest BCUT2D eigenvalue weighted by Crippen LogP contribution is -2.20. The second kappa shape index (κ2) is 6.19. The van der Waals surface area contributed by atoms with Crippen LogP contribution in [0.15, 0.2) is 12.1 Å². The van der Waals surface area contributed by atoms with Gasteiger partial charge in [0, 0.05) is 22.5 Å². The molecule has 0 radical (unpaired) electrons. The predicted molar refractivity (Wildman–Crippen MR) is 68.8 cm³/mol. The van der Waals surface area contributed by atoms with Crippen molar-refractivity contribution in [1.29, 1.82) is 0 Å². The highest BCUT2D eigenvalue weighted by atomic mass is 35.5. The van der Waals surface area contributed by atoms with Gasteiger partial charge in [-0.2, -0.15) is 0 Å². The van der Waals surface area contributed by atoms with E-state index in [2.05, 4.69) is 0 Å². The zero-order chi connectivity index (χ0) is 13.9. The Morgan fingerprint density at radius 2 is 2.06 bits per heavy atom. The number of nitrogen functional groups attached to an aromatic ring is 1. The van der Waals surface area contributed by atoms with Crippen molar-refractivity contribution < 1.29 is 15.1 Å². The van der Waals surface area contributed by atoms with Crippen molar-refractivity contribution in [3.8, 4) is 0 Å². The molecule has 4 N–H and O–H groups in total. The van der Waals surface area contributed by atoms with Gasteiger partial charge in [-0.1, -0.05) is 11.6 Å². The zero-order valence-corrected chi connectivity index (χ0v) is 10.7. The third-order valence-corrected chi connectivity index (χ3v) is 2.88. The van der Waals surface area contributed by atoms with Gasteiger partial charge in [0.2, 0.25) is 0 Å². The van der Waals surface area contributed by atoms with Crippen LogP contribution < -0.4 is 5.73 Å². The number of nitrogens with zero attached hydrogens (tertiary/aromatic N) is 1. The number of hydrogen-bond acceptors (Lipinski definition) is 5. The fourth-order valence-electron chi connectivity index (χ4n) is 1.50. The Hall–Kier alpha value is -1.08. The van der Waals surface area contributed by atoms with Crippen LogP contribution in [0.1, 0.15) is 18.1 Å². The highest BCUT2D eigenvalue weighted by Crippen LogP contribution is 2.34. The van der Waals surface area contributed by atoms with E-state index in [0.717, 1.165) is 6.07 Å². The predicted octanol–water partition coefficient (Wildman–Crippen LogP) is 1.85. The second-order valence-electron chi connectivity index (χ2n) is 3.67. The molecule has 0 aliphatic carbocycles. The van der Waals surface area contributed by atoms with Gasteiger partial charge in [0.15, 0.2) is 0 Å². The summed E-state index contributed by atoms with van der Waals surface area (Å²) in [5, 5.41) is 30.3. The third-order valence-electron chi connectivity index (χ3n) is 2.44. The van der Waals surface area contributed by atoms with Crippen LogP contribution in [0.25, 0.3) is 0 Å². The van der Waals surface area contributed by atoms with Gasteiger partial charge in [0.05, 0.1) is 11.0 Å². The molecule has 100 valence electrons. The first-order valence-electron chi connectivity index (χ1n) is 5.04. The SMILES string of the molecule is Nc1c(C(O)C(O)CCCl)cc(Cl)cc1[N+](=O)[O-]. The first-order chi connectivity index (χ1) is 8.38. The number of nitrogens with two attached hydrogens (primary N) is 1. The Kier molecular flexibility index (Phi) is 5.15. The van der Waals surface area contributed by atoms with E-state index in [1.807, 2.05) is 0 Å². The number of aliphatic hydroxyl groups excluding tert-OH is 2. The van der Waals surface area contributed by atoms with E-state index in [4.69, 9.17) is 28.9 Å². The quantitative estimate of drug-likeness (QED) is 0.332. The fourth-order valence-corrected chi connectivity index (χ4v) is 1.94. The summed E-state index contributed by atoms with van der Waals surface area (Å²) >= 11 is 11.2. The summed E-state index contributed by atoms with van der Waals surface area (Å²) in [6.07, 6.45) is -2.41. The Bertz CT molecular complexity index is 456. The smallest absolute Gasteiger partial charge is 0.293 e. The van der Waals surface area contributed by atoms with E-state index in [0.29, 0.717) is 0 Å². The summed E-state index contributed by atoms with van der Waals surface area (Å²) in [5.74, 6) is 0.140. The van der Waals surface area contributed by atoms with Gasteiger partial charge < -0.3 is 15.9 Å². The molecule has 2 atom stereocenters. The van der Waals surface area contributed by atoms with Crippen LogP contribution in [0.4, 0.5) is 11.4 Å². The molecule has 0 aliphatic rings. The van der Waals surface area contributed by atoms with E-state index >= 15 is 0 Å². The van der Waals surface area contributed by atoms with Crippen molar-refractivity contribution in [2.24, 2.45) is 0 Å². The molecule has 0 amide bonds. The molecule has 0 heterocycles. The van der Waals surface area contributed by atoms with E-state index in [-0.39, 0.29) is 28.6 Å². The number of anilines is 1. The first-order valence-corrected chi connectivity index (χ1v) is 5.95. The highest BCUT2D eigenvalue weighted by Gasteiger charge is 2.25. The Labute approximate surface area is 113 Å². The van der Waals surface area contributed by atoms with Crippen LogP contribution in [0.5, 0.6) is 0 Å². The third kappa shape index (κ3) is 3.23. The molecule has 1 aromatic rings. The van der Waals surface area contributed by atoms with Crippen molar-refractivity contribution in [2.45, 2.75) is 18.6 Å². The lowest BCUT2D eigenvalue weighted by atomic mass is 10.00. The van der Waals surface area contributed by atoms with Crippen LogP contribution in [-0.2, 0) is 0 Å². The maximum atomic E-state index is 10.7. The number of benzene rings is 1. The fraction of sp³-hybridized carbons (Fsp3) is 0.400. The van der Waals surface area contributed by atoms with Gasteiger partial charge in [-0.25, -0.2) is 0 Å². The van der Waals surface area contributed by atoms with Crippen LogP contribution >= 0.6 is 23.2 Å². The summed E-state index contributed by atoms with van der Waals surface area (Å²) in [4.78, 5) is 10.0. The maximum Gasteiger partial charge on any atom is 0.293 e. The molecule has 0 spiro atoms. The van der Waals surface area contributed by atoms with E-state index in [1.165, 1.54) is 6.07 Å². The van der Waals surface area contributed by atoms with E-state index in [1.54, 1.807) is 0 Å². The molecular weight excluding hydrogens is 283 g/mol. The van der Waals surface area contributed by atoms with Gasteiger partial charge in [-0.05, 0) is 12.5 Å². The molecule has 1 aromatic carbocycles. The zero-order valence-electron chi connectivity index (χ0n) is 9.22.